The fraction of sp³-hybridized carbons (Fsp3) is 0.467. The zero-order valence-electron chi connectivity index (χ0n) is 24.2. The van der Waals surface area contributed by atoms with E-state index in [-0.39, 0.29) is 5.91 Å². The summed E-state index contributed by atoms with van der Waals surface area (Å²) in [6.07, 6.45) is 6.03. The van der Waals surface area contributed by atoms with Gasteiger partial charge in [0.05, 0.1) is 12.6 Å². The number of likely N-dealkylation sites (N-methyl/N-ethyl adjacent to an activating group) is 2. The van der Waals surface area contributed by atoms with Gasteiger partial charge in [0.1, 0.15) is 10.9 Å². The molecule has 9 heteroatoms. The Morgan fingerprint density at radius 3 is 2.49 bits per heavy atom. The van der Waals surface area contributed by atoms with Gasteiger partial charge in [0.15, 0.2) is 0 Å². The van der Waals surface area contributed by atoms with Crippen molar-refractivity contribution in [1.82, 2.24) is 20.4 Å². The summed E-state index contributed by atoms with van der Waals surface area (Å²) in [6, 6.07) is 12.3. The highest BCUT2D eigenvalue weighted by atomic mass is 32.1. The molecule has 0 radical (unpaired) electrons. The molecule has 3 rings (SSSR count). The lowest BCUT2D eigenvalue weighted by Crippen LogP contribution is -2.42. The first-order chi connectivity index (χ1) is 18.6. The molecule has 0 saturated carbocycles. The number of hydrogen-bond acceptors (Lipinski definition) is 6. The van der Waals surface area contributed by atoms with Gasteiger partial charge in [0, 0.05) is 43.7 Å². The van der Waals surface area contributed by atoms with Crippen molar-refractivity contribution in [1.29, 1.82) is 5.26 Å². The molecular weight excluding hydrogens is 516 g/mol. The van der Waals surface area contributed by atoms with E-state index in [9.17, 15) is 13.6 Å². The molecule has 0 spiro atoms. The van der Waals surface area contributed by atoms with Crippen LogP contribution >= 0.6 is 11.3 Å². The Morgan fingerprint density at radius 2 is 1.95 bits per heavy atom. The summed E-state index contributed by atoms with van der Waals surface area (Å²) in [7, 11) is 5.49. The minimum atomic E-state index is -2.83. The molecule has 39 heavy (non-hydrogen) atoms. The average molecular weight is 560 g/mol. The lowest BCUT2D eigenvalue weighted by molar-refractivity contribution is -0.126. The molecule has 1 aromatic carbocycles. The number of nitriles is 1. The van der Waals surface area contributed by atoms with E-state index in [2.05, 4.69) is 16.7 Å². The molecular formula is C30H43F2N5OS. The second-order valence-corrected chi connectivity index (χ2v) is 10.2. The molecule has 2 N–H and O–H groups in total. The number of nitrogens with one attached hydrogen (secondary N) is 2. The maximum absolute atomic E-state index is 13.6. The van der Waals surface area contributed by atoms with Crippen molar-refractivity contribution in [3.8, 4) is 6.07 Å². The molecule has 0 bridgehead atoms. The highest BCUT2D eigenvalue weighted by Crippen LogP contribution is 2.29. The van der Waals surface area contributed by atoms with Crippen LogP contribution in [0.2, 0.25) is 0 Å². The number of carbonyl (C=O) groups is 1. The smallest absolute Gasteiger partial charge is 0.264 e. The predicted octanol–water partition coefficient (Wildman–Crippen LogP) is 5.53. The standard InChI is InChI=1S/C14H20F2N2.C14H17N3OS.C2H6/c1-4-18-10-12(11-8-6-5-7-9-11)13(17-3)14(2,15)16;1-16(2)6-3-4-14(18)17-7-5-11-8-12(9-15)19-13(11)10-17;1-2/h5-10,13,17-18H,4H2,1-3H3;3-4,8H,5-7,10H2,1-2H3;1-2H3/b12-10-;4-3+;. The van der Waals surface area contributed by atoms with Gasteiger partial charge in [0.2, 0.25) is 5.91 Å². The lowest BCUT2D eigenvalue weighted by atomic mass is 9.95. The largest absolute Gasteiger partial charge is 0.391 e. The molecule has 214 valence electrons. The van der Waals surface area contributed by atoms with E-state index in [0.29, 0.717) is 18.7 Å². The van der Waals surface area contributed by atoms with E-state index < -0.39 is 12.0 Å². The Labute approximate surface area is 237 Å². The van der Waals surface area contributed by atoms with E-state index >= 15 is 0 Å². The molecule has 0 fully saturated rings. The van der Waals surface area contributed by atoms with Gasteiger partial charge in [-0.2, -0.15) is 5.26 Å². The number of hydrogen-bond donors (Lipinski definition) is 2. The van der Waals surface area contributed by atoms with Gasteiger partial charge in [-0.25, -0.2) is 8.78 Å². The van der Waals surface area contributed by atoms with Gasteiger partial charge < -0.3 is 20.4 Å². The molecule has 0 aliphatic carbocycles. The zero-order chi connectivity index (χ0) is 29.4. The number of amides is 1. The second-order valence-electron chi connectivity index (χ2n) is 9.05. The number of alkyl halides is 2. The van der Waals surface area contributed by atoms with Crippen LogP contribution < -0.4 is 10.6 Å². The van der Waals surface area contributed by atoms with Gasteiger partial charge in [-0.15, -0.1) is 11.3 Å². The maximum Gasteiger partial charge on any atom is 0.264 e. The van der Waals surface area contributed by atoms with Crippen molar-refractivity contribution in [3.05, 3.63) is 75.6 Å². The third-order valence-electron chi connectivity index (χ3n) is 5.71. The van der Waals surface area contributed by atoms with Crippen LogP contribution in [-0.2, 0) is 17.8 Å². The summed E-state index contributed by atoms with van der Waals surface area (Å²) in [5.74, 6) is -2.77. The highest BCUT2D eigenvalue weighted by molar-refractivity contribution is 7.12. The maximum atomic E-state index is 13.6. The summed E-state index contributed by atoms with van der Waals surface area (Å²) in [5.41, 5.74) is 2.58. The van der Waals surface area contributed by atoms with Crippen molar-refractivity contribution in [3.63, 3.8) is 0 Å². The number of fused-ring (bicyclic) bond motifs is 1. The van der Waals surface area contributed by atoms with E-state index in [4.69, 9.17) is 5.26 Å². The van der Waals surface area contributed by atoms with Crippen molar-refractivity contribution >= 4 is 22.8 Å². The Kier molecular flexibility index (Phi) is 15.3. The average Bonchev–Trinajstić information content (AvgIpc) is 3.34. The first-order valence-corrected chi connectivity index (χ1v) is 14.1. The van der Waals surface area contributed by atoms with E-state index in [1.54, 1.807) is 19.3 Å². The number of halogens is 2. The summed E-state index contributed by atoms with van der Waals surface area (Å²) < 4.78 is 27.2. The molecule has 2 aromatic rings. The number of rotatable bonds is 9. The fourth-order valence-electron chi connectivity index (χ4n) is 3.89. The van der Waals surface area contributed by atoms with Crippen molar-refractivity contribution in [2.24, 2.45) is 0 Å². The third kappa shape index (κ3) is 11.3. The molecule has 6 nitrogen and oxygen atoms in total. The predicted molar refractivity (Wildman–Crippen MR) is 159 cm³/mol. The number of thiophene rings is 1. The number of nitrogens with zero attached hydrogens (tertiary/aromatic N) is 3. The Hall–Kier alpha value is -3.06. The van der Waals surface area contributed by atoms with Crippen molar-refractivity contribution in [2.75, 3.05) is 40.8 Å². The van der Waals surface area contributed by atoms with Gasteiger partial charge in [-0.3, -0.25) is 4.79 Å². The van der Waals surface area contributed by atoms with Crippen LogP contribution in [0.4, 0.5) is 8.78 Å². The number of benzene rings is 1. The van der Waals surface area contributed by atoms with Crippen LogP contribution in [0.15, 0.2) is 54.8 Å². The van der Waals surface area contributed by atoms with Crippen LogP contribution in [0, 0.1) is 11.3 Å². The lowest BCUT2D eigenvalue weighted by Gasteiger charge is -2.26. The summed E-state index contributed by atoms with van der Waals surface area (Å²) in [6.45, 7) is 9.69. The van der Waals surface area contributed by atoms with Crippen LogP contribution in [0.25, 0.3) is 5.57 Å². The normalized spacial score (nSPS) is 14.0. The Bertz CT molecular complexity index is 1100. The third-order valence-corrected chi connectivity index (χ3v) is 6.78. The molecule has 1 atom stereocenters. The van der Waals surface area contributed by atoms with Crippen LogP contribution in [0.1, 0.15) is 48.6 Å². The van der Waals surface area contributed by atoms with E-state index in [1.165, 1.54) is 16.9 Å². The minimum Gasteiger partial charge on any atom is -0.391 e. The van der Waals surface area contributed by atoms with Gasteiger partial charge in [-0.05, 0) is 57.3 Å². The molecule has 1 unspecified atom stereocenters. The second kappa shape index (κ2) is 17.5. The highest BCUT2D eigenvalue weighted by Gasteiger charge is 2.36. The minimum absolute atomic E-state index is 0.0550. The molecule has 0 saturated heterocycles. The molecule has 1 aliphatic rings. The Morgan fingerprint density at radius 1 is 1.28 bits per heavy atom. The summed E-state index contributed by atoms with van der Waals surface area (Å²) in [4.78, 5) is 17.8. The van der Waals surface area contributed by atoms with Gasteiger partial charge >= 0.3 is 0 Å². The van der Waals surface area contributed by atoms with Crippen LogP contribution in [0.3, 0.4) is 0 Å². The topological polar surface area (TPSA) is 71.4 Å². The summed E-state index contributed by atoms with van der Waals surface area (Å²) >= 11 is 1.50. The van der Waals surface area contributed by atoms with Gasteiger partial charge in [-0.1, -0.05) is 50.3 Å². The first-order valence-electron chi connectivity index (χ1n) is 13.3. The molecule has 1 aliphatic heterocycles. The SMILES string of the molecule is CC.CCN/C=C(/c1ccccc1)C(NC)C(C)(F)F.CN(C)C/C=C/C(=O)N1CCc2cc(C#N)sc2C1. The summed E-state index contributed by atoms with van der Waals surface area (Å²) in [5, 5.41) is 14.6. The Balaban J connectivity index is 0.000000367. The zero-order valence-corrected chi connectivity index (χ0v) is 25.0. The van der Waals surface area contributed by atoms with E-state index in [0.717, 1.165) is 41.8 Å². The van der Waals surface area contributed by atoms with Crippen LogP contribution in [0.5, 0.6) is 0 Å². The van der Waals surface area contributed by atoms with Crippen molar-refractivity contribution < 1.29 is 13.6 Å². The monoisotopic (exact) mass is 559 g/mol. The van der Waals surface area contributed by atoms with Crippen LogP contribution in [-0.4, -0.2) is 68.4 Å². The first kappa shape index (κ1) is 34.0. The number of carbonyl (C=O) groups excluding carboxylic acids is 1. The molecule has 2 heterocycles. The van der Waals surface area contributed by atoms with Crippen molar-refractivity contribution in [2.45, 2.75) is 52.6 Å². The quantitative estimate of drug-likeness (QED) is 0.396. The van der Waals surface area contributed by atoms with Gasteiger partial charge in [0.25, 0.3) is 5.92 Å². The van der Waals surface area contributed by atoms with E-state index in [1.807, 2.05) is 87.1 Å². The fourth-order valence-corrected chi connectivity index (χ4v) is 4.92. The molecule has 1 aromatic heterocycles. The molecule has 1 amide bonds.